The second kappa shape index (κ2) is 12.7. The number of nitrogens with zero attached hydrogens (tertiary/aromatic N) is 5. The van der Waals surface area contributed by atoms with Crippen molar-refractivity contribution in [3.8, 4) is 39.4 Å². The van der Waals surface area contributed by atoms with E-state index in [1.807, 2.05) is 71.6 Å². The fraction of sp³-hybridized carbons (Fsp3) is 0.350. The summed E-state index contributed by atoms with van der Waals surface area (Å²) >= 11 is 0. The van der Waals surface area contributed by atoms with Gasteiger partial charge in [0.25, 0.3) is 0 Å². The maximum Gasteiger partial charge on any atom is 0.340 e. The molecule has 0 radical (unpaired) electrons. The number of esters is 1. The summed E-state index contributed by atoms with van der Waals surface area (Å²) in [5, 5.41) is 10.6. The third-order valence-corrected chi connectivity index (χ3v) is 9.36. The molecule has 0 saturated carbocycles. The molecule has 1 aliphatic heterocycles. The van der Waals surface area contributed by atoms with E-state index in [0.29, 0.717) is 41.2 Å². The number of ether oxygens (including phenoxy) is 3. The van der Waals surface area contributed by atoms with Gasteiger partial charge in [-0.2, -0.15) is 10.2 Å². The van der Waals surface area contributed by atoms with Crippen LogP contribution in [0.5, 0.6) is 5.75 Å². The Morgan fingerprint density at radius 1 is 1.04 bits per heavy atom. The van der Waals surface area contributed by atoms with Crippen LogP contribution in [0.2, 0.25) is 0 Å². The number of hydrogen-bond donors (Lipinski definition) is 0. The van der Waals surface area contributed by atoms with Crippen molar-refractivity contribution in [1.82, 2.24) is 24.4 Å². The quantitative estimate of drug-likeness (QED) is 0.157. The Kier molecular flexibility index (Phi) is 8.46. The third kappa shape index (κ3) is 5.81. The Morgan fingerprint density at radius 3 is 2.56 bits per heavy atom. The zero-order chi connectivity index (χ0) is 35.5. The molecule has 0 N–H and O–H groups in total. The number of aromatic nitrogens is 5. The molecular weight excluding hydrogens is 633 g/mol. The van der Waals surface area contributed by atoms with Gasteiger partial charge in [-0.3, -0.25) is 4.68 Å². The minimum Gasteiger partial charge on any atom is -0.490 e. The summed E-state index contributed by atoms with van der Waals surface area (Å²) in [5.74, 6) is -0.719. The first-order chi connectivity index (χ1) is 23.9. The Balaban J connectivity index is 1.49. The Morgan fingerprint density at radius 2 is 1.80 bits per heavy atom. The number of rotatable bonds is 7. The summed E-state index contributed by atoms with van der Waals surface area (Å²) in [6.45, 7) is 13.9. The molecule has 0 amide bonds. The monoisotopic (exact) mass is 675 g/mol. The second-order valence-electron chi connectivity index (χ2n) is 13.9. The number of aryl methyl sites for hydroxylation is 3. The van der Waals surface area contributed by atoms with E-state index < -0.39 is 23.5 Å². The van der Waals surface area contributed by atoms with Crippen LogP contribution < -0.4 is 4.74 Å². The Labute approximate surface area is 291 Å². The highest BCUT2D eigenvalue weighted by Crippen LogP contribution is 2.43. The lowest BCUT2D eigenvalue weighted by molar-refractivity contribution is -0.166. The number of fused-ring (bicyclic) bond motifs is 3. The van der Waals surface area contributed by atoms with Crippen molar-refractivity contribution in [2.75, 3.05) is 13.2 Å². The fourth-order valence-corrected chi connectivity index (χ4v) is 7.02. The molecule has 0 spiro atoms. The molecule has 4 heterocycles. The molecule has 3 aromatic heterocycles. The van der Waals surface area contributed by atoms with Gasteiger partial charge in [-0.05, 0) is 102 Å². The van der Waals surface area contributed by atoms with Crippen LogP contribution in [0, 0.1) is 26.6 Å². The van der Waals surface area contributed by atoms with E-state index in [-0.39, 0.29) is 12.4 Å². The maximum atomic E-state index is 15.9. The molecule has 1 aliphatic rings. The summed E-state index contributed by atoms with van der Waals surface area (Å²) < 4.78 is 37.4. The molecular formula is C40H42FN5O4. The van der Waals surface area contributed by atoms with Crippen LogP contribution in [0.1, 0.15) is 68.2 Å². The van der Waals surface area contributed by atoms with E-state index in [4.69, 9.17) is 24.3 Å². The smallest absolute Gasteiger partial charge is 0.340 e. The van der Waals surface area contributed by atoms with Gasteiger partial charge in [-0.15, -0.1) is 0 Å². The Hall–Kier alpha value is -5.09. The Bertz CT molecular complexity index is 2300. The van der Waals surface area contributed by atoms with Gasteiger partial charge < -0.3 is 14.2 Å². The van der Waals surface area contributed by atoms with E-state index in [0.717, 1.165) is 56.4 Å². The van der Waals surface area contributed by atoms with Crippen LogP contribution in [0.25, 0.3) is 50.2 Å². The topological polar surface area (TPSA) is 92.8 Å². The molecule has 10 heteroatoms. The highest BCUT2D eigenvalue weighted by atomic mass is 19.1. The van der Waals surface area contributed by atoms with E-state index in [1.54, 1.807) is 11.4 Å². The number of hydrogen-bond acceptors (Lipinski definition) is 7. The lowest BCUT2D eigenvalue weighted by atomic mass is 9.90. The van der Waals surface area contributed by atoms with Crippen LogP contribution in [-0.2, 0) is 27.7 Å². The van der Waals surface area contributed by atoms with Gasteiger partial charge in [0, 0.05) is 45.9 Å². The molecule has 0 unspecified atom stereocenters. The summed E-state index contributed by atoms with van der Waals surface area (Å²) in [5.41, 5.74) is 9.36. The normalized spacial score (nSPS) is 13.8. The summed E-state index contributed by atoms with van der Waals surface area (Å²) in [7, 11) is 1.93. The van der Waals surface area contributed by atoms with Crippen LogP contribution in [0.15, 0.2) is 54.7 Å². The zero-order valence-corrected chi connectivity index (χ0v) is 29.8. The molecule has 0 saturated heterocycles. The third-order valence-electron chi connectivity index (χ3n) is 9.36. The summed E-state index contributed by atoms with van der Waals surface area (Å²) in [6, 6.07) is 16.0. The first-order valence-corrected chi connectivity index (χ1v) is 17.1. The van der Waals surface area contributed by atoms with Crippen molar-refractivity contribution in [2.45, 2.75) is 73.0 Å². The van der Waals surface area contributed by atoms with Crippen LogP contribution in [0.4, 0.5) is 4.39 Å². The van der Waals surface area contributed by atoms with E-state index in [9.17, 15) is 4.79 Å². The molecule has 258 valence electrons. The standard InChI is InChI=1S/C40H42FN5O4/c1-9-48-39(47)37(50-40(5,6)7)33-24(4)43-38-23(3)34(27-13-10-12-25(18-27)26-15-16-32-28(19-26)21-42-45(32)8)44-46(38)35(33)30-20-31(41)36-29(22(30)2)14-11-17-49-36/h10,12-13,15-16,18-21,37H,9,11,14,17H2,1-8H3/t37-/m0/s1. The van der Waals surface area contributed by atoms with Gasteiger partial charge in [0.15, 0.2) is 23.3 Å². The molecule has 3 aromatic carbocycles. The van der Waals surface area contributed by atoms with Crippen LogP contribution in [-0.4, -0.2) is 49.2 Å². The molecule has 0 fully saturated rings. The fourth-order valence-electron chi connectivity index (χ4n) is 7.02. The van der Waals surface area contributed by atoms with Crippen LogP contribution >= 0.6 is 0 Å². The highest BCUT2D eigenvalue weighted by Gasteiger charge is 2.36. The lowest BCUT2D eigenvalue weighted by Crippen LogP contribution is -2.30. The molecule has 0 bridgehead atoms. The molecule has 7 rings (SSSR count). The van der Waals surface area contributed by atoms with Crippen molar-refractivity contribution in [3.05, 3.63) is 88.5 Å². The predicted octanol–water partition coefficient (Wildman–Crippen LogP) is 8.43. The SMILES string of the molecule is CCOC(=O)[C@@H](OC(C)(C)C)c1c(C)nc2c(C)c(-c3cccc(-c4ccc5c(cnn5C)c4)c3)nn2c1-c1cc(F)c2c(c1C)CCCO2. The number of carbonyl (C=O) groups is 1. The number of carbonyl (C=O) groups excluding carboxylic acids is 1. The van der Waals surface area contributed by atoms with Crippen molar-refractivity contribution in [1.29, 1.82) is 0 Å². The highest BCUT2D eigenvalue weighted by molar-refractivity contribution is 5.87. The van der Waals surface area contributed by atoms with Crippen LogP contribution in [0.3, 0.4) is 0 Å². The average molecular weight is 676 g/mol. The van der Waals surface area contributed by atoms with E-state index in [1.165, 1.54) is 6.07 Å². The molecule has 0 aliphatic carbocycles. The molecule has 6 aromatic rings. The minimum absolute atomic E-state index is 0.172. The lowest BCUT2D eigenvalue weighted by Gasteiger charge is -2.29. The largest absolute Gasteiger partial charge is 0.490 e. The second-order valence-corrected chi connectivity index (χ2v) is 13.9. The molecule has 9 nitrogen and oxygen atoms in total. The van der Waals surface area contributed by atoms with Gasteiger partial charge in [0.1, 0.15) is 0 Å². The average Bonchev–Trinajstić information content (AvgIpc) is 3.63. The first-order valence-electron chi connectivity index (χ1n) is 17.1. The first kappa shape index (κ1) is 33.4. The summed E-state index contributed by atoms with van der Waals surface area (Å²) in [4.78, 5) is 18.8. The zero-order valence-electron chi connectivity index (χ0n) is 29.8. The van der Waals surface area contributed by atoms with Gasteiger partial charge in [-0.25, -0.2) is 18.7 Å². The van der Waals surface area contributed by atoms with Gasteiger partial charge in [-0.1, -0.05) is 24.3 Å². The molecule has 50 heavy (non-hydrogen) atoms. The summed E-state index contributed by atoms with van der Waals surface area (Å²) in [6.07, 6.45) is 2.18. The maximum absolute atomic E-state index is 15.9. The van der Waals surface area contributed by atoms with Gasteiger partial charge >= 0.3 is 5.97 Å². The van der Waals surface area contributed by atoms with Gasteiger partial charge in [0.2, 0.25) is 0 Å². The van der Waals surface area contributed by atoms with E-state index in [2.05, 4.69) is 35.4 Å². The van der Waals surface area contributed by atoms with Crippen molar-refractivity contribution >= 4 is 22.5 Å². The number of benzene rings is 3. The van der Waals surface area contributed by atoms with Gasteiger partial charge in [0.05, 0.1) is 41.9 Å². The van der Waals surface area contributed by atoms with E-state index >= 15 is 4.39 Å². The minimum atomic E-state index is -1.14. The predicted molar refractivity (Wildman–Crippen MR) is 192 cm³/mol. The van der Waals surface area contributed by atoms with Crippen molar-refractivity contribution in [3.63, 3.8) is 0 Å². The van der Waals surface area contributed by atoms with Crippen molar-refractivity contribution in [2.24, 2.45) is 7.05 Å². The molecule has 1 atom stereocenters. The van der Waals surface area contributed by atoms with Crippen molar-refractivity contribution < 1.29 is 23.4 Å². The number of halogens is 1.